The smallest absolute Gasteiger partial charge is 0.273 e. The summed E-state index contributed by atoms with van der Waals surface area (Å²) in [6.07, 6.45) is 0. The number of nitro benzene ring substituents is 1. The highest BCUT2D eigenvalue weighted by Gasteiger charge is 2.11. The lowest BCUT2D eigenvalue weighted by Gasteiger charge is -2.11. The van der Waals surface area contributed by atoms with E-state index in [1.165, 1.54) is 12.1 Å². The first-order valence-electron chi connectivity index (χ1n) is 6.10. The minimum absolute atomic E-state index is 0.0177. The number of non-ortho nitro benzene ring substituents is 1. The van der Waals surface area contributed by atoms with E-state index in [0.717, 1.165) is 16.7 Å². The number of benzene rings is 2. The van der Waals surface area contributed by atoms with Crippen LogP contribution < -0.4 is 4.74 Å². The van der Waals surface area contributed by atoms with Crippen LogP contribution in [-0.2, 0) is 6.61 Å². The van der Waals surface area contributed by atoms with Crippen molar-refractivity contribution in [2.45, 2.75) is 20.5 Å². The lowest BCUT2D eigenvalue weighted by molar-refractivity contribution is -0.385. The quantitative estimate of drug-likeness (QED) is 0.608. The summed E-state index contributed by atoms with van der Waals surface area (Å²) in [4.78, 5) is 10.3. The van der Waals surface area contributed by atoms with Crippen LogP contribution in [0.1, 0.15) is 16.7 Å². The van der Waals surface area contributed by atoms with Gasteiger partial charge in [-0.2, -0.15) is 0 Å². The molecule has 0 radical (unpaired) electrons. The summed E-state index contributed by atoms with van der Waals surface area (Å²) in [7, 11) is 0. The van der Waals surface area contributed by atoms with Crippen LogP contribution in [0.3, 0.4) is 0 Å². The van der Waals surface area contributed by atoms with Crippen molar-refractivity contribution in [1.29, 1.82) is 0 Å². The molecule has 0 N–H and O–H groups in total. The molecule has 0 bridgehead atoms. The van der Waals surface area contributed by atoms with Crippen molar-refractivity contribution in [3.8, 4) is 5.75 Å². The molecule has 2 rings (SSSR count). The van der Waals surface area contributed by atoms with Gasteiger partial charge < -0.3 is 4.74 Å². The van der Waals surface area contributed by atoms with E-state index in [4.69, 9.17) is 4.74 Å². The molecule has 0 aliphatic carbocycles. The average Bonchev–Trinajstić information content (AvgIpc) is 2.41. The molecule has 0 spiro atoms. The topological polar surface area (TPSA) is 52.4 Å². The Morgan fingerprint density at radius 2 is 1.95 bits per heavy atom. The third-order valence-corrected chi connectivity index (χ3v) is 3.67. The van der Waals surface area contributed by atoms with Crippen molar-refractivity contribution >= 4 is 21.6 Å². The van der Waals surface area contributed by atoms with Gasteiger partial charge in [-0.15, -0.1) is 0 Å². The van der Waals surface area contributed by atoms with Gasteiger partial charge in [-0.25, -0.2) is 0 Å². The Kier molecular flexibility index (Phi) is 4.39. The zero-order valence-corrected chi connectivity index (χ0v) is 12.8. The molecule has 0 heterocycles. The second-order valence-electron chi connectivity index (χ2n) is 4.59. The monoisotopic (exact) mass is 335 g/mol. The van der Waals surface area contributed by atoms with Crippen LogP contribution in [-0.4, -0.2) is 4.92 Å². The number of ether oxygens (including phenoxy) is 1. The van der Waals surface area contributed by atoms with Crippen molar-refractivity contribution in [3.05, 3.63) is 67.7 Å². The second kappa shape index (κ2) is 6.05. The molecule has 0 amide bonds. The molecule has 0 aromatic heterocycles. The third-order valence-electron chi connectivity index (χ3n) is 3.01. The maximum absolute atomic E-state index is 10.8. The van der Waals surface area contributed by atoms with Gasteiger partial charge in [0.05, 0.1) is 15.5 Å². The molecule has 0 atom stereocenters. The van der Waals surface area contributed by atoms with Crippen molar-refractivity contribution in [1.82, 2.24) is 0 Å². The van der Waals surface area contributed by atoms with E-state index in [-0.39, 0.29) is 5.69 Å². The summed E-state index contributed by atoms with van der Waals surface area (Å²) >= 11 is 3.34. The summed E-state index contributed by atoms with van der Waals surface area (Å²) in [6.45, 7) is 4.42. The van der Waals surface area contributed by atoms with E-state index in [9.17, 15) is 10.1 Å². The molecular weight excluding hydrogens is 322 g/mol. The Morgan fingerprint density at radius 3 is 2.65 bits per heavy atom. The molecule has 2 aromatic carbocycles. The first-order valence-corrected chi connectivity index (χ1v) is 6.89. The number of aryl methyl sites for hydroxylation is 2. The maximum atomic E-state index is 10.8. The Bertz CT molecular complexity index is 656. The number of nitrogens with zero attached hydrogens (tertiary/aromatic N) is 1. The van der Waals surface area contributed by atoms with E-state index in [2.05, 4.69) is 22.0 Å². The second-order valence-corrected chi connectivity index (χ2v) is 5.44. The average molecular weight is 336 g/mol. The summed E-state index contributed by atoms with van der Waals surface area (Å²) in [5.41, 5.74) is 3.39. The largest absolute Gasteiger partial charge is 0.487 e. The van der Waals surface area contributed by atoms with Crippen LogP contribution in [0.2, 0.25) is 0 Å². The third kappa shape index (κ3) is 3.36. The number of hydrogen-bond acceptors (Lipinski definition) is 3. The van der Waals surface area contributed by atoms with Crippen LogP contribution in [0.4, 0.5) is 5.69 Å². The van der Waals surface area contributed by atoms with Gasteiger partial charge in [0.25, 0.3) is 5.69 Å². The predicted octanol–water partition coefficient (Wildman–Crippen LogP) is 4.55. The van der Waals surface area contributed by atoms with Gasteiger partial charge in [-0.1, -0.05) is 23.8 Å². The van der Waals surface area contributed by atoms with Crippen LogP contribution in [0.5, 0.6) is 5.75 Å². The van der Waals surface area contributed by atoms with Gasteiger partial charge in [0.1, 0.15) is 12.4 Å². The highest BCUT2D eigenvalue weighted by Crippen LogP contribution is 2.30. The van der Waals surface area contributed by atoms with Gasteiger partial charge in [-0.05, 0) is 47.0 Å². The van der Waals surface area contributed by atoms with Gasteiger partial charge in [0.2, 0.25) is 0 Å². The zero-order chi connectivity index (χ0) is 14.7. The molecule has 0 unspecified atom stereocenters. The molecule has 20 heavy (non-hydrogen) atoms. The zero-order valence-electron chi connectivity index (χ0n) is 11.2. The van der Waals surface area contributed by atoms with E-state index in [1.807, 2.05) is 26.0 Å². The molecule has 0 fully saturated rings. The van der Waals surface area contributed by atoms with Gasteiger partial charge in [0, 0.05) is 6.07 Å². The van der Waals surface area contributed by atoms with Gasteiger partial charge >= 0.3 is 0 Å². The molecule has 2 aromatic rings. The molecule has 0 saturated heterocycles. The van der Waals surface area contributed by atoms with Gasteiger partial charge in [-0.3, -0.25) is 10.1 Å². The highest BCUT2D eigenvalue weighted by atomic mass is 79.9. The fourth-order valence-corrected chi connectivity index (χ4v) is 2.19. The Morgan fingerprint density at radius 1 is 1.20 bits per heavy atom. The fraction of sp³-hybridized carbons (Fsp3) is 0.200. The van der Waals surface area contributed by atoms with Crippen LogP contribution in [0.25, 0.3) is 0 Å². The Hall–Kier alpha value is -1.88. The molecule has 5 heteroatoms. The van der Waals surface area contributed by atoms with Crippen molar-refractivity contribution in [3.63, 3.8) is 0 Å². The molecular formula is C15H14BrNO3. The maximum Gasteiger partial charge on any atom is 0.273 e. The van der Waals surface area contributed by atoms with Crippen LogP contribution in [0, 0.1) is 24.0 Å². The first-order chi connectivity index (χ1) is 9.47. The fourth-order valence-electron chi connectivity index (χ4n) is 1.83. The molecule has 0 aliphatic heterocycles. The molecule has 104 valence electrons. The van der Waals surface area contributed by atoms with E-state index in [1.54, 1.807) is 6.07 Å². The summed E-state index contributed by atoms with van der Waals surface area (Å²) in [5.74, 6) is 0.472. The van der Waals surface area contributed by atoms with Crippen LogP contribution >= 0.6 is 15.9 Å². The SMILES string of the molecule is Cc1ccc(C)c(COc2cc([N+](=O)[O-])ccc2Br)c1. The summed E-state index contributed by atoms with van der Waals surface area (Å²) < 4.78 is 6.40. The molecule has 0 aliphatic rings. The lowest BCUT2D eigenvalue weighted by Crippen LogP contribution is -1.99. The van der Waals surface area contributed by atoms with Crippen molar-refractivity contribution < 1.29 is 9.66 Å². The predicted molar refractivity (Wildman–Crippen MR) is 81.0 cm³/mol. The summed E-state index contributed by atoms with van der Waals surface area (Å²) in [6, 6.07) is 10.6. The molecule has 0 saturated carbocycles. The Labute approximate surface area is 125 Å². The summed E-state index contributed by atoms with van der Waals surface area (Å²) in [5, 5.41) is 10.8. The van der Waals surface area contributed by atoms with Gasteiger partial charge in [0.15, 0.2) is 0 Å². The number of halogens is 1. The van der Waals surface area contributed by atoms with E-state index < -0.39 is 4.92 Å². The molecule has 4 nitrogen and oxygen atoms in total. The lowest BCUT2D eigenvalue weighted by atomic mass is 10.1. The first kappa shape index (κ1) is 14.5. The normalized spacial score (nSPS) is 10.3. The minimum Gasteiger partial charge on any atom is -0.487 e. The van der Waals surface area contributed by atoms with Crippen molar-refractivity contribution in [2.24, 2.45) is 0 Å². The number of rotatable bonds is 4. The van der Waals surface area contributed by atoms with E-state index in [0.29, 0.717) is 16.8 Å². The number of hydrogen-bond donors (Lipinski definition) is 0. The van der Waals surface area contributed by atoms with E-state index >= 15 is 0 Å². The standard InChI is InChI=1S/C15H14BrNO3/c1-10-3-4-11(2)12(7-10)9-20-15-8-13(17(18)19)5-6-14(15)16/h3-8H,9H2,1-2H3. The highest BCUT2D eigenvalue weighted by molar-refractivity contribution is 9.10. The van der Waals surface area contributed by atoms with Crippen LogP contribution in [0.15, 0.2) is 40.9 Å². The minimum atomic E-state index is -0.433. The van der Waals surface area contributed by atoms with Crippen molar-refractivity contribution in [2.75, 3.05) is 0 Å². The number of nitro groups is 1. The Balaban J connectivity index is 2.20.